The highest BCUT2D eigenvalue weighted by molar-refractivity contribution is 7.98. The highest BCUT2D eigenvalue weighted by Crippen LogP contribution is 2.23. The van der Waals surface area contributed by atoms with Crippen molar-refractivity contribution >= 4 is 29.1 Å². The van der Waals surface area contributed by atoms with Gasteiger partial charge in [0.15, 0.2) is 0 Å². The van der Waals surface area contributed by atoms with E-state index in [1.165, 1.54) is 0 Å². The third-order valence-corrected chi connectivity index (χ3v) is 5.12. The van der Waals surface area contributed by atoms with E-state index in [0.29, 0.717) is 11.4 Å². The van der Waals surface area contributed by atoms with Gasteiger partial charge in [0.05, 0.1) is 5.69 Å². The first-order valence-electron chi connectivity index (χ1n) is 8.57. The van der Waals surface area contributed by atoms with Crippen LogP contribution in [0.5, 0.6) is 0 Å². The summed E-state index contributed by atoms with van der Waals surface area (Å²) in [5.74, 6) is 1.18. The van der Waals surface area contributed by atoms with Gasteiger partial charge >= 0.3 is 0 Å². The zero-order chi connectivity index (χ0) is 18.6. The Labute approximate surface area is 161 Å². The third-order valence-electron chi connectivity index (χ3n) is 4.07. The monoisotopic (exact) mass is 374 g/mol. The molecule has 0 fully saturated rings. The minimum atomic E-state index is -0.162. The first-order chi connectivity index (χ1) is 13.2. The molecule has 3 aromatic heterocycles. The first-order valence-corrected chi connectivity index (χ1v) is 9.55. The number of carbonyl (C=O) groups is 1. The number of hydrogen-bond donors (Lipinski definition) is 1. The highest BCUT2D eigenvalue weighted by Gasteiger charge is 2.08. The van der Waals surface area contributed by atoms with Gasteiger partial charge in [-0.05, 0) is 61.0 Å². The van der Waals surface area contributed by atoms with Crippen LogP contribution in [-0.2, 0) is 5.75 Å². The number of fused-ring (bicyclic) bond motifs is 1. The van der Waals surface area contributed by atoms with Gasteiger partial charge in [0.2, 0.25) is 0 Å². The summed E-state index contributed by atoms with van der Waals surface area (Å²) in [4.78, 5) is 22.2. The normalized spacial score (nSPS) is 10.9. The molecule has 3 heterocycles. The number of imidazole rings is 1. The molecule has 27 heavy (non-hydrogen) atoms. The predicted molar refractivity (Wildman–Crippen MR) is 108 cm³/mol. The number of hydrogen-bond acceptors (Lipinski definition) is 4. The summed E-state index contributed by atoms with van der Waals surface area (Å²) in [6, 6.07) is 17.3. The Kier molecular flexibility index (Phi) is 4.89. The van der Waals surface area contributed by atoms with Gasteiger partial charge in [-0.2, -0.15) is 0 Å². The Morgan fingerprint density at radius 1 is 1.15 bits per heavy atom. The summed E-state index contributed by atoms with van der Waals surface area (Å²) in [6.45, 7) is 1.96. The summed E-state index contributed by atoms with van der Waals surface area (Å²) in [5.41, 5.74) is 3.64. The van der Waals surface area contributed by atoms with E-state index in [1.807, 2.05) is 78.3 Å². The molecule has 6 heteroatoms. The van der Waals surface area contributed by atoms with Crippen molar-refractivity contribution < 1.29 is 4.79 Å². The van der Waals surface area contributed by atoms with Crippen molar-refractivity contribution in [3.05, 3.63) is 90.0 Å². The van der Waals surface area contributed by atoms with Crippen LogP contribution in [0, 0.1) is 6.92 Å². The Morgan fingerprint density at radius 3 is 2.78 bits per heavy atom. The van der Waals surface area contributed by atoms with Crippen LogP contribution >= 0.6 is 11.8 Å². The Morgan fingerprint density at radius 2 is 2.00 bits per heavy atom. The van der Waals surface area contributed by atoms with E-state index in [-0.39, 0.29) is 5.91 Å². The molecular formula is C21H18N4OS. The molecule has 0 aliphatic rings. The van der Waals surface area contributed by atoms with Crippen molar-refractivity contribution in [3.8, 4) is 0 Å². The van der Waals surface area contributed by atoms with Crippen LogP contribution in [-0.4, -0.2) is 20.3 Å². The highest BCUT2D eigenvalue weighted by atomic mass is 32.2. The molecule has 4 aromatic rings. The second kappa shape index (κ2) is 7.63. The SMILES string of the molecule is Cc1ccnc(NC(=O)c2ccc(SCc3cn4ccccc4n3)cc2)c1. The van der Waals surface area contributed by atoms with Crippen LogP contribution < -0.4 is 5.32 Å². The topological polar surface area (TPSA) is 59.3 Å². The fraction of sp³-hybridized carbons (Fsp3) is 0.0952. The maximum atomic E-state index is 12.3. The van der Waals surface area contributed by atoms with E-state index >= 15 is 0 Å². The summed E-state index contributed by atoms with van der Waals surface area (Å²) in [7, 11) is 0. The molecule has 0 saturated heterocycles. The van der Waals surface area contributed by atoms with Gasteiger partial charge in [-0.3, -0.25) is 4.79 Å². The minimum Gasteiger partial charge on any atom is -0.307 e. The van der Waals surface area contributed by atoms with Crippen LogP contribution in [0.25, 0.3) is 5.65 Å². The number of amides is 1. The molecule has 0 radical (unpaired) electrons. The second-order valence-corrected chi connectivity index (χ2v) is 7.23. The molecule has 0 saturated carbocycles. The van der Waals surface area contributed by atoms with Crippen LogP contribution in [0.15, 0.2) is 78.1 Å². The number of nitrogens with zero attached hydrogens (tertiary/aromatic N) is 3. The molecule has 5 nitrogen and oxygen atoms in total. The lowest BCUT2D eigenvalue weighted by molar-refractivity contribution is 0.102. The molecule has 1 N–H and O–H groups in total. The van der Waals surface area contributed by atoms with E-state index in [4.69, 9.17) is 0 Å². The predicted octanol–water partition coefficient (Wildman–Crippen LogP) is 4.58. The van der Waals surface area contributed by atoms with Crippen LogP contribution in [0.1, 0.15) is 21.6 Å². The standard InChI is InChI=1S/C21H18N4OS/c1-15-9-10-22-19(12-15)24-21(26)16-5-7-18(8-6-16)27-14-17-13-25-11-3-2-4-20(25)23-17/h2-13H,14H2,1H3,(H,22,24,26). The van der Waals surface area contributed by atoms with Crippen LogP contribution in [0.4, 0.5) is 5.82 Å². The van der Waals surface area contributed by atoms with Gasteiger partial charge in [0, 0.05) is 34.8 Å². The molecule has 0 unspecified atom stereocenters. The van der Waals surface area contributed by atoms with Crippen LogP contribution in [0.2, 0.25) is 0 Å². The molecule has 0 aliphatic carbocycles. The molecule has 0 bridgehead atoms. The van der Waals surface area contributed by atoms with E-state index in [1.54, 1.807) is 18.0 Å². The van der Waals surface area contributed by atoms with Crippen molar-refractivity contribution in [1.82, 2.24) is 14.4 Å². The second-order valence-electron chi connectivity index (χ2n) is 6.18. The Hall–Kier alpha value is -3.12. The summed E-state index contributed by atoms with van der Waals surface area (Å²) < 4.78 is 2.02. The number of anilines is 1. The van der Waals surface area contributed by atoms with E-state index in [2.05, 4.69) is 15.3 Å². The molecular weight excluding hydrogens is 356 g/mol. The van der Waals surface area contributed by atoms with Crippen molar-refractivity contribution in [2.75, 3.05) is 5.32 Å². The Bertz CT molecular complexity index is 1060. The molecule has 4 rings (SSSR count). The van der Waals surface area contributed by atoms with Gasteiger partial charge in [0.1, 0.15) is 11.5 Å². The number of rotatable bonds is 5. The number of nitrogens with one attached hydrogen (secondary N) is 1. The van der Waals surface area contributed by atoms with E-state index in [9.17, 15) is 4.79 Å². The van der Waals surface area contributed by atoms with Gasteiger partial charge in [0.25, 0.3) is 5.91 Å². The van der Waals surface area contributed by atoms with Crippen molar-refractivity contribution in [2.24, 2.45) is 0 Å². The van der Waals surface area contributed by atoms with Crippen molar-refractivity contribution in [2.45, 2.75) is 17.6 Å². The third kappa shape index (κ3) is 4.17. The van der Waals surface area contributed by atoms with Gasteiger partial charge < -0.3 is 9.72 Å². The van der Waals surface area contributed by atoms with E-state index in [0.717, 1.165) is 27.6 Å². The minimum absolute atomic E-state index is 0.162. The smallest absolute Gasteiger partial charge is 0.256 e. The lowest BCUT2D eigenvalue weighted by Gasteiger charge is -2.06. The van der Waals surface area contributed by atoms with E-state index < -0.39 is 0 Å². The maximum absolute atomic E-state index is 12.3. The zero-order valence-electron chi connectivity index (χ0n) is 14.8. The molecule has 0 aliphatic heterocycles. The molecule has 0 atom stereocenters. The summed E-state index contributed by atoms with van der Waals surface area (Å²) in [5, 5.41) is 2.82. The fourth-order valence-corrected chi connectivity index (χ4v) is 3.49. The number of aryl methyl sites for hydroxylation is 1. The van der Waals surface area contributed by atoms with Crippen molar-refractivity contribution in [3.63, 3.8) is 0 Å². The average Bonchev–Trinajstić information content (AvgIpc) is 3.10. The molecule has 0 spiro atoms. The van der Waals surface area contributed by atoms with Gasteiger partial charge in [-0.25, -0.2) is 9.97 Å². The quantitative estimate of drug-likeness (QED) is 0.519. The summed E-state index contributed by atoms with van der Waals surface area (Å²) in [6.07, 6.45) is 5.72. The number of carbonyl (C=O) groups excluding carboxylic acids is 1. The first kappa shape index (κ1) is 17.3. The summed E-state index contributed by atoms with van der Waals surface area (Å²) >= 11 is 1.70. The van der Waals surface area contributed by atoms with Gasteiger partial charge in [-0.15, -0.1) is 11.8 Å². The number of aromatic nitrogens is 3. The number of pyridine rings is 2. The largest absolute Gasteiger partial charge is 0.307 e. The Balaban J connectivity index is 1.38. The maximum Gasteiger partial charge on any atom is 0.256 e. The molecule has 1 amide bonds. The van der Waals surface area contributed by atoms with Crippen molar-refractivity contribution in [1.29, 1.82) is 0 Å². The van der Waals surface area contributed by atoms with Crippen LogP contribution in [0.3, 0.4) is 0 Å². The number of benzene rings is 1. The lowest BCUT2D eigenvalue weighted by Crippen LogP contribution is -2.12. The zero-order valence-corrected chi connectivity index (χ0v) is 15.6. The fourth-order valence-electron chi connectivity index (χ4n) is 2.71. The van der Waals surface area contributed by atoms with Gasteiger partial charge in [-0.1, -0.05) is 6.07 Å². The molecule has 134 valence electrons. The number of thioether (sulfide) groups is 1. The average molecular weight is 374 g/mol. The lowest BCUT2D eigenvalue weighted by atomic mass is 10.2. The molecule has 1 aromatic carbocycles.